The van der Waals surface area contributed by atoms with Crippen LogP contribution in [0.1, 0.15) is 29.9 Å². The Hall–Kier alpha value is -1.82. The molecule has 1 aliphatic heterocycles. The van der Waals surface area contributed by atoms with Crippen molar-refractivity contribution in [1.29, 1.82) is 5.26 Å². The van der Waals surface area contributed by atoms with Crippen molar-refractivity contribution in [3.05, 3.63) is 29.3 Å². The fourth-order valence-corrected chi connectivity index (χ4v) is 2.25. The molecule has 1 aromatic rings. The van der Waals surface area contributed by atoms with Crippen LogP contribution < -0.4 is 5.32 Å². The van der Waals surface area contributed by atoms with E-state index < -0.39 is 0 Å². The number of benzene rings is 1. The summed E-state index contributed by atoms with van der Waals surface area (Å²) < 4.78 is 0. The van der Waals surface area contributed by atoms with Gasteiger partial charge in [0.1, 0.15) is 0 Å². The monoisotopic (exact) mass is 198 g/mol. The minimum atomic E-state index is -0.00620. The van der Waals surface area contributed by atoms with Crippen molar-refractivity contribution in [1.82, 2.24) is 0 Å². The number of nitrogens with zero attached hydrogens (tertiary/aromatic N) is 1. The minimum absolute atomic E-state index is 0.00620. The maximum atomic E-state index is 11.7. The van der Waals surface area contributed by atoms with Crippen LogP contribution in [0, 0.1) is 17.2 Å². The van der Waals surface area contributed by atoms with E-state index in [2.05, 4.69) is 11.4 Å². The number of nitriles is 1. The average Bonchev–Trinajstić information content (AvgIpc) is 3.00. The van der Waals surface area contributed by atoms with Crippen molar-refractivity contribution in [2.75, 3.05) is 5.32 Å². The van der Waals surface area contributed by atoms with Gasteiger partial charge >= 0.3 is 0 Å². The lowest BCUT2D eigenvalue weighted by Gasteiger charge is -2.05. The third-order valence-electron chi connectivity index (χ3n) is 3.15. The molecule has 0 aromatic heterocycles. The van der Waals surface area contributed by atoms with Crippen LogP contribution in [0.25, 0.3) is 0 Å². The number of anilines is 1. The van der Waals surface area contributed by atoms with E-state index in [1.807, 2.05) is 12.1 Å². The van der Waals surface area contributed by atoms with E-state index in [-0.39, 0.29) is 11.8 Å². The van der Waals surface area contributed by atoms with Crippen molar-refractivity contribution in [3.63, 3.8) is 0 Å². The van der Waals surface area contributed by atoms with E-state index in [0.29, 0.717) is 11.5 Å². The Morgan fingerprint density at radius 1 is 1.40 bits per heavy atom. The molecule has 0 saturated heterocycles. The Morgan fingerprint density at radius 2 is 2.20 bits per heavy atom. The van der Waals surface area contributed by atoms with E-state index >= 15 is 0 Å². The molecule has 0 radical (unpaired) electrons. The zero-order chi connectivity index (χ0) is 10.4. The van der Waals surface area contributed by atoms with Crippen molar-refractivity contribution in [2.24, 2.45) is 5.92 Å². The number of rotatable bonds is 1. The molecular formula is C12H10N2O. The Kier molecular flexibility index (Phi) is 1.60. The summed E-state index contributed by atoms with van der Waals surface area (Å²) in [4.78, 5) is 11.7. The molecule has 15 heavy (non-hydrogen) atoms. The van der Waals surface area contributed by atoms with Crippen LogP contribution in [0.15, 0.2) is 18.2 Å². The third-order valence-corrected chi connectivity index (χ3v) is 3.15. The zero-order valence-corrected chi connectivity index (χ0v) is 8.16. The molecule has 1 amide bonds. The molecule has 0 spiro atoms. The number of carbonyl (C=O) groups excluding carboxylic acids is 1. The summed E-state index contributed by atoms with van der Waals surface area (Å²) >= 11 is 0. The smallest absolute Gasteiger partial charge is 0.232 e. The highest BCUT2D eigenvalue weighted by Gasteiger charge is 2.42. The van der Waals surface area contributed by atoms with Gasteiger partial charge in [-0.05, 0) is 42.5 Å². The second-order valence-corrected chi connectivity index (χ2v) is 4.22. The van der Waals surface area contributed by atoms with Gasteiger partial charge in [-0.3, -0.25) is 4.79 Å². The molecular weight excluding hydrogens is 188 g/mol. The van der Waals surface area contributed by atoms with Crippen LogP contribution in [-0.4, -0.2) is 5.91 Å². The molecule has 1 saturated carbocycles. The van der Waals surface area contributed by atoms with Crippen LogP contribution in [0.5, 0.6) is 0 Å². The van der Waals surface area contributed by atoms with E-state index in [1.54, 1.807) is 6.07 Å². The Labute approximate surface area is 87.7 Å². The van der Waals surface area contributed by atoms with E-state index in [1.165, 1.54) is 0 Å². The van der Waals surface area contributed by atoms with Gasteiger partial charge in [-0.15, -0.1) is 0 Å². The summed E-state index contributed by atoms with van der Waals surface area (Å²) in [6, 6.07) is 7.53. The van der Waals surface area contributed by atoms with Gasteiger partial charge in [0.05, 0.1) is 17.6 Å². The summed E-state index contributed by atoms with van der Waals surface area (Å²) in [6.45, 7) is 0. The first-order valence-electron chi connectivity index (χ1n) is 5.14. The number of amides is 1. The summed E-state index contributed by atoms with van der Waals surface area (Å²) in [7, 11) is 0. The first-order valence-corrected chi connectivity index (χ1v) is 5.14. The third kappa shape index (κ3) is 1.22. The molecule has 74 valence electrons. The number of hydrogen-bond acceptors (Lipinski definition) is 2. The minimum Gasteiger partial charge on any atom is -0.325 e. The van der Waals surface area contributed by atoms with Gasteiger partial charge in [0, 0.05) is 5.69 Å². The molecule has 0 bridgehead atoms. The predicted molar refractivity (Wildman–Crippen MR) is 55.3 cm³/mol. The highest BCUT2D eigenvalue weighted by atomic mass is 16.2. The first kappa shape index (κ1) is 8.49. The van der Waals surface area contributed by atoms with Gasteiger partial charge in [0.2, 0.25) is 5.91 Å². The Balaban J connectivity index is 2.09. The molecule has 2 aliphatic rings. The van der Waals surface area contributed by atoms with Crippen LogP contribution in [-0.2, 0) is 4.79 Å². The SMILES string of the molecule is N#Cc1ccc2c(c1)C(C1CC1)C(=O)N2. The largest absolute Gasteiger partial charge is 0.325 e. The van der Waals surface area contributed by atoms with Crippen molar-refractivity contribution in [2.45, 2.75) is 18.8 Å². The summed E-state index contributed by atoms with van der Waals surface area (Å²) in [5.74, 6) is 0.594. The lowest BCUT2D eigenvalue weighted by molar-refractivity contribution is -0.117. The summed E-state index contributed by atoms with van der Waals surface area (Å²) in [5.41, 5.74) is 2.54. The summed E-state index contributed by atoms with van der Waals surface area (Å²) in [6.07, 6.45) is 2.27. The standard InChI is InChI=1S/C12H10N2O/c13-6-7-1-4-10-9(5-7)11(8-2-3-8)12(15)14-10/h1,4-5,8,11H,2-3H2,(H,14,15). The van der Waals surface area contributed by atoms with E-state index in [9.17, 15) is 4.79 Å². The maximum absolute atomic E-state index is 11.7. The molecule has 1 aromatic carbocycles. The van der Waals surface area contributed by atoms with Crippen molar-refractivity contribution in [3.8, 4) is 6.07 Å². The van der Waals surface area contributed by atoms with Gasteiger partial charge in [-0.1, -0.05) is 0 Å². The first-order chi connectivity index (χ1) is 7.29. The van der Waals surface area contributed by atoms with Gasteiger partial charge < -0.3 is 5.32 Å². The molecule has 1 aliphatic carbocycles. The molecule has 3 nitrogen and oxygen atoms in total. The van der Waals surface area contributed by atoms with Crippen LogP contribution in [0.4, 0.5) is 5.69 Å². The topological polar surface area (TPSA) is 52.9 Å². The van der Waals surface area contributed by atoms with Crippen molar-refractivity contribution < 1.29 is 4.79 Å². The predicted octanol–water partition coefficient (Wildman–Crippen LogP) is 2.00. The maximum Gasteiger partial charge on any atom is 0.232 e. The number of nitrogens with one attached hydrogen (secondary N) is 1. The average molecular weight is 198 g/mol. The summed E-state index contributed by atoms with van der Waals surface area (Å²) in [5, 5.41) is 11.7. The zero-order valence-electron chi connectivity index (χ0n) is 8.16. The molecule has 1 unspecified atom stereocenters. The van der Waals surface area contributed by atoms with Crippen LogP contribution in [0.3, 0.4) is 0 Å². The molecule has 1 heterocycles. The lowest BCUT2D eigenvalue weighted by Crippen LogP contribution is -2.13. The van der Waals surface area contributed by atoms with Crippen LogP contribution >= 0.6 is 0 Å². The van der Waals surface area contributed by atoms with Gasteiger partial charge in [0.25, 0.3) is 0 Å². The van der Waals surface area contributed by atoms with Crippen molar-refractivity contribution >= 4 is 11.6 Å². The van der Waals surface area contributed by atoms with Gasteiger partial charge in [-0.2, -0.15) is 5.26 Å². The fraction of sp³-hybridized carbons (Fsp3) is 0.333. The normalized spacial score (nSPS) is 23.1. The highest BCUT2D eigenvalue weighted by Crippen LogP contribution is 2.48. The lowest BCUT2D eigenvalue weighted by atomic mass is 9.94. The highest BCUT2D eigenvalue weighted by molar-refractivity contribution is 6.03. The molecule has 1 N–H and O–H groups in total. The molecule has 3 rings (SSSR count). The van der Waals surface area contributed by atoms with Crippen LogP contribution in [0.2, 0.25) is 0 Å². The van der Waals surface area contributed by atoms with E-state index in [4.69, 9.17) is 5.26 Å². The second kappa shape index (κ2) is 2.83. The Bertz CT molecular complexity index is 483. The number of carbonyl (C=O) groups is 1. The fourth-order valence-electron chi connectivity index (χ4n) is 2.25. The molecule has 1 atom stereocenters. The molecule has 1 fully saturated rings. The van der Waals surface area contributed by atoms with E-state index in [0.717, 1.165) is 24.1 Å². The molecule has 3 heteroatoms. The quantitative estimate of drug-likeness (QED) is 0.750. The Morgan fingerprint density at radius 3 is 2.87 bits per heavy atom. The number of fused-ring (bicyclic) bond motifs is 1. The van der Waals surface area contributed by atoms with Gasteiger partial charge in [-0.25, -0.2) is 0 Å². The van der Waals surface area contributed by atoms with Gasteiger partial charge in [0.15, 0.2) is 0 Å². The second-order valence-electron chi connectivity index (χ2n) is 4.22. The number of hydrogen-bond donors (Lipinski definition) is 1.